The third kappa shape index (κ3) is 2.78. The first-order chi connectivity index (χ1) is 9.02. The fourth-order valence-corrected chi connectivity index (χ4v) is 2.67. The van der Waals surface area contributed by atoms with Crippen LogP contribution < -0.4 is 5.32 Å². The molecule has 104 valence electrons. The summed E-state index contributed by atoms with van der Waals surface area (Å²) in [6, 6.07) is 6.58. The van der Waals surface area contributed by atoms with Gasteiger partial charge in [0.25, 0.3) is 0 Å². The zero-order valence-electron chi connectivity index (χ0n) is 11.7. The van der Waals surface area contributed by atoms with Crippen LogP contribution in [0.1, 0.15) is 31.9 Å². The number of amides is 1. The first-order valence-electron chi connectivity index (χ1n) is 6.77. The Morgan fingerprint density at radius 3 is 2.74 bits per heavy atom. The number of halogens is 1. The normalized spacial score (nSPS) is 24.2. The molecule has 2 rings (SSSR count). The van der Waals surface area contributed by atoms with E-state index in [9.17, 15) is 9.18 Å². The van der Waals surface area contributed by atoms with Crippen LogP contribution in [0.5, 0.6) is 0 Å². The van der Waals surface area contributed by atoms with Gasteiger partial charge in [-0.2, -0.15) is 0 Å². The third-order valence-electron chi connectivity index (χ3n) is 4.13. The summed E-state index contributed by atoms with van der Waals surface area (Å²) in [5, 5.41) is 3.27. The summed E-state index contributed by atoms with van der Waals surface area (Å²) in [5.41, 5.74) is 0.567. The van der Waals surface area contributed by atoms with Gasteiger partial charge in [-0.1, -0.05) is 18.2 Å². The van der Waals surface area contributed by atoms with Gasteiger partial charge in [-0.05, 0) is 32.9 Å². The van der Waals surface area contributed by atoms with Crippen LogP contribution in [-0.2, 0) is 4.79 Å². The van der Waals surface area contributed by atoms with Crippen LogP contribution >= 0.6 is 0 Å². The molecule has 4 heteroatoms. The molecule has 0 saturated carbocycles. The van der Waals surface area contributed by atoms with E-state index in [1.54, 1.807) is 30.1 Å². The van der Waals surface area contributed by atoms with Gasteiger partial charge in [-0.3, -0.25) is 4.79 Å². The Morgan fingerprint density at radius 1 is 1.47 bits per heavy atom. The highest BCUT2D eigenvalue weighted by molar-refractivity contribution is 5.80. The van der Waals surface area contributed by atoms with Gasteiger partial charge < -0.3 is 10.2 Å². The van der Waals surface area contributed by atoms with Crippen LogP contribution in [-0.4, -0.2) is 30.4 Å². The molecule has 3 atom stereocenters. The summed E-state index contributed by atoms with van der Waals surface area (Å²) in [6.45, 7) is 4.76. The van der Waals surface area contributed by atoms with Crippen molar-refractivity contribution in [2.75, 3.05) is 13.6 Å². The Kier molecular flexibility index (Phi) is 4.20. The Morgan fingerprint density at radius 2 is 2.16 bits per heavy atom. The third-order valence-corrected chi connectivity index (χ3v) is 4.13. The fourth-order valence-electron chi connectivity index (χ4n) is 2.67. The van der Waals surface area contributed by atoms with Crippen molar-refractivity contribution in [2.45, 2.75) is 32.4 Å². The lowest BCUT2D eigenvalue weighted by atomic mass is 9.98. The maximum Gasteiger partial charge on any atom is 0.227 e. The molecule has 3 unspecified atom stereocenters. The van der Waals surface area contributed by atoms with E-state index in [-0.39, 0.29) is 29.7 Å². The van der Waals surface area contributed by atoms with Crippen molar-refractivity contribution < 1.29 is 9.18 Å². The predicted octanol–water partition coefficient (Wildman–Crippen LogP) is 2.34. The number of rotatable bonds is 3. The molecule has 1 fully saturated rings. The summed E-state index contributed by atoms with van der Waals surface area (Å²) >= 11 is 0. The summed E-state index contributed by atoms with van der Waals surface area (Å²) in [5.74, 6) is -0.167. The molecule has 1 aromatic rings. The second-order valence-corrected chi connectivity index (χ2v) is 5.28. The SMILES string of the molecule is CC1NCCC1C(=O)N(C)C(C)c1ccccc1F. The molecule has 1 aliphatic rings. The van der Waals surface area contributed by atoms with E-state index in [0.717, 1.165) is 13.0 Å². The molecule has 1 N–H and O–H groups in total. The number of hydrogen-bond acceptors (Lipinski definition) is 2. The summed E-state index contributed by atoms with van der Waals surface area (Å²) in [7, 11) is 1.75. The quantitative estimate of drug-likeness (QED) is 0.909. The van der Waals surface area contributed by atoms with Crippen molar-refractivity contribution in [1.29, 1.82) is 0 Å². The van der Waals surface area contributed by atoms with Crippen molar-refractivity contribution in [3.8, 4) is 0 Å². The molecule has 0 spiro atoms. The van der Waals surface area contributed by atoms with Crippen LogP contribution in [0.4, 0.5) is 4.39 Å². The molecule has 3 nitrogen and oxygen atoms in total. The van der Waals surface area contributed by atoms with Crippen LogP contribution in [0.3, 0.4) is 0 Å². The summed E-state index contributed by atoms with van der Waals surface area (Å²) in [4.78, 5) is 14.1. The van der Waals surface area contributed by atoms with Gasteiger partial charge in [0.15, 0.2) is 0 Å². The molecule has 0 bridgehead atoms. The molecule has 0 aromatic heterocycles. The average Bonchev–Trinajstić information content (AvgIpc) is 2.83. The largest absolute Gasteiger partial charge is 0.339 e. The van der Waals surface area contributed by atoms with Gasteiger partial charge in [0, 0.05) is 18.7 Å². The monoisotopic (exact) mass is 264 g/mol. The molecule has 1 aliphatic heterocycles. The summed E-state index contributed by atoms with van der Waals surface area (Å²) in [6.07, 6.45) is 0.855. The van der Waals surface area contributed by atoms with Crippen molar-refractivity contribution in [1.82, 2.24) is 10.2 Å². The van der Waals surface area contributed by atoms with E-state index >= 15 is 0 Å². The van der Waals surface area contributed by atoms with E-state index in [2.05, 4.69) is 5.32 Å². The van der Waals surface area contributed by atoms with Crippen molar-refractivity contribution in [2.24, 2.45) is 5.92 Å². The van der Waals surface area contributed by atoms with E-state index in [4.69, 9.17) is 0 Å². The van der Waals surface area contributed by atoms with Gasteiger partial charge in [0.1, 0.15) is 5.82 Å². The number of carbonyl (C=O) groups excluding carboxylic acids is 1. The van der Waals surface area contributed by atoms with Crippen LogP contribution in [0.25, 0.3) is 0 Å². The number of hydrogen-bond donors (Lipinski definition) is 1. The van der Waals surface area contributed by atoms with Crippen molar-refractivity contribution in [3.63, 3.8) is 0 Å². The van der Waals surface area contributed by atoms with E-state index in [0.29, 0.717) is 5.56 Å². The highest BCUT2D eigenvalue weighted by atomic mass is 19.1. The Labute approximate surface area is 113 Å². The van der Waals surface area contributed by atoms with E-state index in [1.807, 2.05) is 13.8 Å². The highest BCUT2D eigenvalue weighted by Crippen LogP contribution is 2.26. The van der Waals surface area contributed by atoms with Crippen LogP contribution in [0, 0.1) is 11.7 Å². The summed E-state index contributed by atoms with van der Waals surface area (Å²) < 4.78 is 13.8. The van der Waals surface area contributed by atoms with Crippen LogP contribution in [0.15, 0.2) is 24.3 Å². The van der Waals surface area contributed by atoms with Crippen molar-refractivity contribution in [3.05, 3.63) is 35.6 Å². The maximum absolute atomic E-state index is 13.8. The number of nitrogens with zero attached hydrogens (tertiary/aromatic N) is 1. The lowest BCUT2D eigenvalue weighted by Crippen LogP contribution is -2.39. The van der Waals surface area contributed by atoms with Crippen molar-refractivity contribution >= 4 is 5.91 Å². The number of nitrogens with one attached hydrogen (secondary N) is 1. The van der Waals surface area contributed by atoms with E-state index in [1.165, 1.54) is 6.07 Å². The zero-order valence-corrected chi connectivity index (χ0v) is 11.7. The second kappa shape index (κ2) is 5.70. The lowest BCUT2D eigenvalue weighted by Gasteiger charge is -2.29. The minimum absolute atomic E-state index is 0.000719. The molecule has 1 aromatic carbocycles. The molecule has 1 heterocycles. The predicted molar refractivity (Wildman–Crippen MR) is 73.2 cm³/mol. The minimum Gasteiger partial charge on any atom is -0.339 e. The van der Waals surface area contributed by atoms with Gasteiger partial charge in [-0.25, -0.2) is 4.39 Å². The van der Waals surface area contributed by atoms with Crippen LogP contribution in [0.2, 0.25) is 0 Å². The minimum atomic E-state index is -0.257. The molecular formula is C15H21FN2O. The van der Waals surface area contributed by atoms with Gasteiger partial charge in [0.05, 0.1) is 12.0 Å². The Balaban J connectivity index is 2.13. The van der Waals surface area contributed by atoms with E-state index < -0.39 is 0 Å². The average molecular weight is 264 g/mol. The van der Waals surface area contributed by atoms with Gasteiger partial charge >= 0.3 is 0 Å². The standard InChI is InChI=1S/C15H21FN2O/c1-10-12(8-9-17-10)15(19)18(3)11(2)13-6-4-5-7-14(13)16/h4-7,10-12,17H,8-9H2,1-3H3. The smallest absolute Gasteiger partial charge is 0.227 e. The topological polar surface area (TPSA) is 32.3 Å². The van der Waals surface area contributed by atoms with Gasteiger partial charge in [0.2, 0.25) is 5.91 Å². The molecular weight excluding hydrogens is 243 g/mol. The molecule has 1 amide bonds. The second-order valence-electron chi connectivity index (χ2n) is 5.28. The van der Waals surface area contributed by atoms with Gasteiger partial charge in [-0.15, -0.1) is 0 Å². The molecule has 1 saturated heterocycles. The molecule has 0 aliphatic carbocycles. The first kappa shape index (κ1) is 14.0. The highest BCUT2D eigenvalue weighted by Gasteiger charge is 2.33. The zero-order chi connectivity index (χ0) is 14.0. The fraction of sp³-hybridized carbons (Fsp3) is 0.533. The number of benzene rings is 1. The Bertz CT molecular complexity index is 463. The number of carbonyl (C=O) groups is 1. The first-order valence-corrected chi connectivity index (χ1v) is 6.77. The Hall–Kier alpha value is -1.42. The molecule has 19 heavy (non-hydrogen) atoms. The maximum atomic E-state index is 13.8. The lowest BCUT2D eigenvalue weighted by molar-refractivity contribution is -0.136. The molecule has 0 radical (unpaired) electrons.